The highest BCUT2D eigenvalue weighted by molar-refractivity contribution is 6.37. The van der Waals surface area contributed by atoms with E-state index in [-0.39, 0.29) is 53.8 Å². The minimum absolute atomic E-state index is 0.0184. The van der Waals surface area contributed by atoms with E-state index < -0.39 is 77.1 Å². The lowest BCUT2D eigenvalue weighted by Crippen LogP contribution is -2.67. The summed E-state index contributed by atoms with van der Waals surface area (Å²) >= 11 is 13.1. The van der Waals surface area contributed by atoms with E-state index in [9.17, 15) is 28.8 Å². The third kappa shape index (κ3) is 10.4. The molecule has 16 nitrogen and oxygen atoms in total. The predicted octanol–water partition coefficient (Wildman–Crippen LogP) is 6.86. The number of nitrogens with zero attached hydrogens (tertiary/aromatic N) is 2. The van der Waals surface area contributed by atoms with Gasteiger partial charge in [-0.1, -0.05) is 83.9 Å². The number of carbonyl (C=O) groups excluding carboxylic acids is 6. The summed E-state index contributed by atoms with van der Waals surface area (Å²) in [6, 6.07) is 16.6. The van der Waals surface area contributed by atoms with Gasteiger partial charge in [-0.2, -0.15) is 0 Å². The average molecular weight is 901 g/mol. The van der Waals surface area contributed by atoms with Gasteiger partial charge in [-0.25, -0.2) is 24.0 Å². The van der Waals surface area contributed by atoms with Gasteiger partial charge in [-0.3, -0.25) is 14.6 Å². The highest BCUT2D eigenvalue weighted by Gasteiger charge is 2.70. The molecule has 0 unspecified atom stereocenters. The van der Waals surface area contributed by atoms with Crippen molar-refractivity contribution >= 4 is 59.2 Å². The van der Waals surface area contributed by atoms with Crippen molar-refractivity contribution in [3.05, 3.63) is 99.5 Å². The van der Waals surface area contributed by atoms with E-state index in [2.05, 4.69) is 5.32 Å². The Hall–Kier alpha value is -5.58. The third-order valence-corrected chi connectivity index (χ3v) is 11.0. The number of ether oxygens (including phenoxy) is 7. The van der Waals surface area contributed by atoms with Crippen molar-refractivity contribution in [3.8, 4) is 5.75 Å². The molecule has 5 rings (SSSR count). The second-order valence-corrected chi connectivity index (χ2v) is 17.0. The lowest BCUT2D eigenvalue weighted by atomic mass is 9.84. The number of nitrogens with one attached hydrogen (secondary N) is 1. The largest absolute Gasteiger partial charge is 0.486 e. The summed E-state index contributed by atoms with van der Waals surface area (Å²) in [5, 5.41) is 2.70. The number of likely N-dealkylation sites (tertiary alicyclic amines) is 1. The molecule has 5 atom stereocenters. The van der Waals surface area contributed by atoms with Crippen molar-refractivity contribution < 1.29 is 61.9 Å². The fourth-order valence-corrected chi connectivity index (χ4v) is 8.34. The number of hydrogen-bond acceptors (Lipinski definition) is 13. The molecule has 3 aromatic carbocycles. The van der Waals surface area contributed by atoms with Crippen LogP contribution < -0.4 is 10.1 Å². The van der Waals surface area contributed by atoms with E-state index >= 15 is 0 Å². The van der Waals surface area contributed by atoms with E-state index in [4.69, 9.17) is 56.4 Å². The molecule has 0 radical (unpaired) electrons. The number of amides is 3. The standard InChI is InChI=1S/C44H51Cl2N3O13/c1-42(2,3)62-41(55)48-29(23-32(37(51)56-6)47-36(50)28-21-30(45)34(31(46)22-28)59-24-26-15-11-9-12-16-26)19-20-44(48,39(53)58-8)35-33(38(52)57-7)49(43(4,5)61-35)40(54)60-25-27-17-13-10-14-18-27/h9-18,21-22,29,32-33,35H,19-20,23-25H2,1-8H3,(H,47,50)/t29-,32+,33-,35+,44-/m1/s1. The van der Waals surface area contributed by atoms with Crippen molar-refractivity contribution in [3.63, 3.8) is 0 Å². The number of benzene rings is 3. The summed E-state index contributed by atoms with van der Waals surface area (Å²) in [6.45, 7) is 7.80. The Morgan fingerprint density at radius 2 is 1.40 bits per heavy atom. The van der Waals surface area contributed by atoms with Gasteiger partial charge in [0.05, 0.1) is 31.4 Å². The second-order valence-electron chi connectivity index (χ2n) is 16.2. The number of methoxy groups -OCH3 is 3. The zero-order chi connectivity index (χ0) is 45.6. The van der Waals surface area contributed by atoms with Crippen molar-refractivity contribution in [2.24, 2.45) is 0 Å². The summed E-state index contributed by atoms with van der Waals surface area (Å²) in [7, 11) is 3.31. The SMILES string of the molecule is COC(=O)[C@H](C[C@H]1CC[C@](C(=O)OC)([C@H]2OC(C)(C)N(C(=O)OCc3ccccc3)[C@H]2C(=O)OC)N1C(=O)OC(C)(C)C)NC(=O)c1cc(Cl)c(OCc2ccccc2)c(Cl)c1. The normalized spacial score (nSPS) is 21.0. The van der Waals surface area contributed by atoms with Gasteiger partial charge in [0, 0.05) is 11.6 Å². The second kappa shape index (κ2) is 19.6. The van der Waals surface area contributed by atoms with Crippen LogP contribution in [-0.4, -0.2) is 108 Å². The average Bonchev–Trinajstić information content (AvgIpc) is 3.76. The van der Waals surface area contributed by atoms with Crippen LogP contribution in [0.2, 0.25) is 10.0 Å². The summed E-state index contributed by atoms with van der Waals surface area (Å²) in [6.07, 6.45) is -4.23. The molecule has 3 aromatic rings. The Balaban J connectivity index is 1.50. The Morgan fingerprint density at radius 3 is 1.94 bits per heavy atom. The highest BCUT2D eigenvalue weighted by Crippen LogP contribution is 2.49. The smallest absolute Gasteiger partial charge is 0.413 e. The summed E-state index contributed by atoms with van der Waals surface area (Å²) in [5.74, 6) is -3.53. The van der Waals surface area contributed by atoms with Crippen LogP contribution in [0.25, 0.3) is 0 Å². The fraction of sp³-hybridized carbons (Fsp3) is 0.455. The quantitative estimate of drug-likeness (QED) is 0.139. The van der Waals surface area contributed by atoms with Gasteiger partial charge in [0.25, 0.3) is 5.91 Å². The molecular weight excluding hydrogens is 849 g/mol. The molecule has 2 fully saturated rings. The Kier molecular flexibility index (Phi) is 15.0. The van der Waals surface area contributed by atoms with Crippen LogP contribution >= 0.6 is 23.2 Å². The van der Waals surface area contributed by atoms with Gasteiger partial charge in [0.15, 0.2) is 17.3 Å². The molecule has 2 aliphatic heterocycles. The van der Waals surface area contributed by atoms with E-state index in [1.165, 1.54) is 26.0 Å². The van der Waals surface area contributed by atoms with Gasteiger partial charge < -0.3 is 38.5 Å². The number of carbonyl (C=O) groups is 6. The van der Waals surface area contributed by atoms with Crippen molar-refractivity contribution in [2.45, 2.75) is 108 Å². The topological polar surface area (TPSA) is 186 Å². The maximum atomic E-state index is 14.5. The minimum Gasteiger partial charge on any atom is -0.486 e. The molecule has 0 bridgehead atoms. The number of halogens is 2. The number of esters is 3. The summed E-state index contributed by atoms with van der Waals surface area (Å²) in [5.41, 5.74) is -3.45. The monoisotopic (exact) mass is 899 g/mol. The van der Waals surface area contributed by atoms with Gasteiger partial charge in [0.1, 0.15) is 36.7 Å². The Labute approximate surface area is 369 Å². The van der Waals surface area contributed by atoms with Crippen LogP contribution in [0.15, 0.2) is 72.8 Å². The molecule has 0 aromatic heterocycles. The molecule has 2 saturated heterocycles. The molecule has 0 saturated carbocycles. The fourth-order valence-electron chi connectivity index (χ4n) is 7.74. The zero-order valence-corrected chi connectivity index (χ0v) is 37.2. The first-order valence-corrected chi connectivity index (χ1v) is 20.4. The first kappa shape index (κ1) is 47.5. The molecule has 62 heavy (non-hydrogen) atoms. The molecule has 2 aliphatic rings. The maximum absolute atomic E-state index is 14.5. The van der Waals surface area contributed by atoms with Crippen molar-refractivity contribution in [1.82, 2.24) is 15.1 Å². The molecule has 334 valence electrons. The highest BCUT2D eigenvalue weighted by atomic mass is 35.5. The van der Waals surface area contributed by atoms with Crippen LogP contribution in [0.4, 0.5) is 9.59 Å². The van der Waals surface area contributed by atoms with E-state index in [0.29, 0.717) is 5.56 Å². The zero-order valence-electron chi connectivity index (χ0n) is 35.7. The molecule has 2 heterocycles. The molecule has 0 aliphatic carbocycles. The van der Waals surface area contributed by atoms with Crippen LogP contribution in [0, 0.1) is 0 Å². The molecule has 18 heteroatoms. The maximum Gasteiger partial charge on any atom is 0.413 e. The van der Waals surface area contributed by atoms with Crippen molar-refractivity contribution in [2.75, 3.05) is 21.3 Å². The predicted molar refractivity (Wildman–Crippen MR) is 224 cm³/mol. The van der Waals surface area contributed by atoms with Crippen LogP contribution in [-0.2, 0) is 56.0 Å². The van der Waals surface area contributed by atoms with Crippen LogP contribution in [0.3, 0.4) is 0 Å². The first-order valence-electron chi connectivity index (χ1n) is 19.7. The molecule has 0 spiro atoms. The lowest BCUT2D eigenvalue weighted by molar-refractivity contribution is -0.171. The summed E-state index contributed by atoms with van der Waals surface area (Å²) < 4.78 is 39.5. The third-order valence-electron chi connectivity index (χ3n) is 10.4. The first-order chi connectivity index (χ1) is 29.3. The van der Waals surface area contributed by atoms with E-state index in [0.717, 1.165) is 36.7 Å². The molecular formula is C44H51Cl2N3O13. The Bertz CT molecular complexity index is 2110. The number of rotatable bonds is 13. The number of hydrogen-bond donors (Lipinski definition) is 1. The van der Waals surface area contributed by atoms with E-state index in [1.807, 2.05) is 30.3 Å². The van der Waals surface area contributed by atoms with Crippen molar-refractivity contribution in [1.29, 1.82) is 0 Å². The molecule has 1 N–H and O–H groups in total. The van der Waals surface area contributed by atoms with Crippen LogP contribution in [0.5, 0.6) is 5.75 Å². The van der Waals surface area contributed by atoms with Gasteiger partial charge in [0.2, 0.25) is 0 Å². The molecule has 3 amide bonds. The van der Waals surface area contributed by atoms with Crippen LogP contribution in [0.1, 0.15) is 75.4 Å². The lowest BCUT2D eigenvalue weighted by Gasteiger charge is -2.43. The van der Waals surface area contributed by atoms with Gasteiger partial charge in [-0.05, 0) is 77.1 Å². The van der Waals surface area contributed by atoms with Gasteiger partial charge in [-0.15, -0.1) is 0 Å². The minimum atomic E-state index is -2.19. The summed E-state index contributed by atoms with van der Waals surface area (Å²) in [4.78, 5) is 86.1. The van der Waals surface area contributed by atoms with Gasteiger partial charge >= 0.3 is 30.1 Å². The van der Waals surface area contributed by atoms with E-state index in [1.54, 1.807) is 51.1 Å². The Morgan fingerprint density at radius 1 is 0.823 bits per heavy atom.